The molecule has 0 spiro atoms. The largest absolute Gasteiger partial charge is 0.465 e. The summed E-state index contributed by atoms with van der Waals surface area (Å²) in [6.07, 6.45) is 4.12. The van der Waals surface area contributed by atoms with E-state index >= 15 is 0 Å². The number of thiophene rings is 2. The second kappa shape index (κ2) is 10.8. The molecule has 0 saturated heterocycles. The SMILES string of the molecule is Cc1ccc(C(C(=O)NC2CCCC2)C(NC(=O)CNC(=O)c2cccs2)c2cccs2)o1. The Bertz CT molecular complexity index is 1070. The van der Waals surface area contributed by atoms with Crippen LogP contribution in [0.1, 0.15) is 63.7 Å². The van der Waals surface area contributed by atoms with E-state index < -0.39 is 12.0 Å². The van der Waals surface area contributed by atoms with Crippen LogP contribution >= 0.6 is 22.7 Å². The van der Waals surface area contributed by atoms with E-state index in [2.05, 4.69) is 16.0 Å². The summed E-state index contributed by atoms with van der Waals surface area (Å²) in [6.45, 7) is 1.64. The highest BCUT2D eigenvalue weighted by Gasteiger charge is 2.36. The molecule has 3 N–H and O–H groups in total. The first-order valence-corrected chi connectivity index (χ1v) is 12.8. The Kier molecular flexibility index (Phi) is 7.61. The first kappa shape index (κ1) is 23.3. The Hall–Kier alpha value is -2.91. The van der Waals surface area contributed by atoms with Crippen LogP contribution in [0.15, 0.2) is 51.6 Å². The highest BCUT2D eigenvalue weighted by atomic mass is 32.1. The van der Waals surface area contributed by atoms with Gasteiger partial charge in [-0.1, -0.05) is 25.0 Å². The minimum absolute atomic E-state index is 0.140. The maximum absolute atomic E-state index is 13.5. The van der Waals surface area contributed by atoms with E-state index in [0.717, 1.165) is 30.6 Å². The molecule has 3 aromatic rings. The first-order valence-electron chi connectivity index (χ1n) is 11.0. The van der Waals surface area contributed by atoms with E-state index in [4.69, 9.17) is 4.42 Å². The molecule has 3 amide bonds. The Morgan fingerprint density at radius 3 is 2.45 bits per heavy atom. The number of hydrogen-bond donors (Lipinski definition) is 3. The van der Waals surface area contributed by atoms with Crippen LogP contribution < -0.4 is 16.0 Å². The molecule has 3 aromatic heterocycles. The zero-order valence-corrected chi connectivity index (χ0v) is 20.0. The van der Waals surface area contributed by atoms with Crippen molar-refractivity contribution >= 4 is 40.4 Å². The van der Waals surface area contributed by atoms with Crippen molar-refractivity contribution in [2.45, 2.75) is 50.6 Å². The van der Waals surface area contributed by atoms with Crippen LogP contribution in [0.25, 0.3) is 0 Å². The molecular formula is C24H27N3O4S2. The fourth-order valence-electron chi connectivity index (χ4n) is 4.09. The summed E-state index contributed by atoms with van der Waals surface area (Å²) < 4.78 is 5.86. The van der Waals surface area contributed by atoms with Crippen molar-refractivity contribution in [3.05, 3.63) is 68.4 Å². The van der Waals surface area contributed by atoms with Gasteiger partial charge >= 0.3 is 0 Å². The molecule has 0 aromatic carbocycles. The summed E-state index contributed by atoms with van der Waals surface area (Å²) in [6, 6.07) is 10.4. The second-order valence-corrected chi connectivity index (χ2v) is 10.1. The van der Waals surface area contributed by atoms with Gasteiger partial charge in [0.05, 0.1) is 17.5 Å². The normalized spacial score (nSPS) is 15.7. The molecular weight excluding hydrogens is 458 g/mol. The van der Waals surface area contributed by atoms with Gasteiger partial charge in [0.25, 0.3) is 5.91 Å². The van der Waals surface area contributed by atoms with E-state index in [1.165, 1.54) is 22.7 Å². The fraction of sp³-hybridized carbons (Fsp3) is 0.375. The Morgan fingerprint density at radius 2 is 1.82 bits per heavy atom. The molecule has 2 atom stereocenters. The third kappa shape index (κ3) is 5.91. The summed E-state index contributed by atoms with van der Waals surface area (Å²) in [5.41, 5.74) is 0. The standard InChI is InChI=1S/C24H27N3O4S2/c1-15-10-11-17(31-15)21(24(30)26-16-6-2-3-7-16)22(18-8-4-12-32-18)27-20(28)14-25-23(29)19-9-5-13-33-19/h4-5,8-13,16,21-22H,2-3,6-7,14H2,1H3,(H,25,29)(H,26,30)(H,27,28). The second-order valence-electron chi connectivity index (χ2n) is 8.14. The first-order chi connectivity index (χ1) is 16.0. The molecule has 174 valence electrons. The number of hydrogen-bond acceptors (Lipinski definition) is 6. The fourth-order valence-corrected chi connectivity index (χ4v) is 5.55. The van der Waals surface area contributed by atoms with Gasteiger partial charge in [0.2, 0.25) is 11.8 Å². The maximum atomic E-state index is 13.5. The Labute approximate surface area is 200 Å². The van der Waals surface area contributed by atoms with Crippen molar-refractivity contribution < 1.29 is 18.8 Å². The van der Waals surface area contributed by atoms with Gasteiger partial charge in [-0.05, 0) is 54.8 Å². The highest BCUT2D eigenvalue weighted by Crippen LogP contribution is 2.35. The minimum Gasteiger partial charge on any atom is -0.465 e. The monoisotopic (exact) mass is 485 g/mol. The molecule has 1 aliphatic rings. The van der Waals surface area contributed by atoms with Gasteiger partial charge in [0, 0.05) is 10.9 Å². The van der Waals surface area contributed by atoms with Gasteiger partial charge in [-0.15, -0.1) is 22.7 Å². The zero-order chi connectivity index (χ0) is 23.2. The number of carbonyl (C=O) groups excluding carboxylic acids is 3. The van der Waals surface area contributed by atoms with Gasteiger partial charge in [0.1, 0.15) is 17.4 Å². The molecule has 4 rings (SSSR count). The van der Waals surface area contributed by atoms with Crippen molar-refractivity contribution in [2.24, 2.45) is 0 Å². The average molecular weight is 486 g/mol. The summed E-state index contributed by atoms with van der Waals surface area (Å²) in [5.74, 6) is -0.370. The van der Waals surface area contributed by atoms with Crippen LogP contribution in [0.2, 0.25) is 0 Å². The Morgan fingerprint density at radius 1 is 1.06 bits per heavy atom. The third-order valence-electron chi connectivity index (χ3n) is 5.71. The van der Waals surface area contributed by atoms with E-state index in [-0.39, 0.29) is 30.3 Å². The van der Waals surface area contributed by atoms with Crippen LogP contribution in [0.4, 0.5) is 0 Å². The van der Waals surface area contributed by atoms with Crippen molar-refractivity contribution in [2.75, 3.05) is 6.54 Å². The van der Waals surface area contributed by atoms with Gasteiger partial charge in [0.15, 0.2) is 0 Å². The number of furan rings is 1. The highest BCUT2D eigenvalue weighted by molar-refractivity contribution is 7.12. The predicted octanol–water partition coefficient (Wildman–Crippen LogP) is 4.14. The van der Waals surface area contributed by atoms with Gasteiger partial charge < -0.3 is 20.4 Å². The van der Waals surface area contributed by atoms with Crippen molar-refractivity contribution in [3.63, 3.8) is 0 Å². The summed E-state index contributed by atoms with van der Waals surface area (Å²) >= 11 is 2.77. The van der Waals surface area contributed by atoms with E-state index in [0.29, 0.717) is 16.4 Å². The van der Waals surface area contributed by atoms with Gasteiger partial charge in [-0.3, -0.25) is 14.4 Å². The number of aryl methyl sites for hydroxylation is 1. The molecule has 33 heavy (non-hydrogen) atoms. The molecule has 0 bridgehead atoms. The molecule has 1 fully saturated rings. The van der Waals surface area contributed by atoms with Crippen molar-refractivity contribution in [1.29, 1.82) is 0 Å². The smallest absolute Gasteiger partial charge is 0.261 e. The van der Waals surface area contributed by atoms with Crippen LogP contribution in [-0.4, -0.2) is 30.3 Å². The van der Waals surface area contributed by atoms with Gasteiger partial charge in [-0.25, -0.2) is 0 Å². The summed E-state index contributed by atoms with van der Waals surface area (Å²) in [7, 11) is 0. The minimum atomic E-state index is -0.727. The topological polar surface area (TPSA) is 100 Å². The quantitative estimate of drug-likeness (QED) is 0.424. The summed E-state index contributed by atoms with van der Waals surface area (Å²) in [5, 5.41) is 12.5. The lowest BCUT2D eigenvalue weighted by Gasteiger charge is -2.27. The lowest BCUT2D eigenvalue weighted by molar-refractivity contribution is -0.125. The van der Waals surface area contributed by atoms with Crippen LogP contribution in [0.5, 0.6) is 0 Å². The lowest BCUT2D eigenvalue weighted by atomic mass is 9.93. The van der Waals surface area contributed by atoms with E-state index in [1.54, 1.807) is 23.6 Å². The van der Waals surface area contributed by atoms with E-state index in [1.807, 2.05) is 30.5 Å². The van der Waals surface area contributed by atoms with E-state index in [9.17, 15) is 14.4 Å². The van der Waals surface area contributed by atoms with Crippen molar-refractivity contribution in [1.82, 2.24) is 16.0 Å². The molecule has 1 aliphatic carbocycles. The molecule has 2 unspecified atom stereocenters. The average Bonchev–Trinajstić information content (AvgIpc) is 3.60. The third-order valence-corrected chi connectivity index (χ3v) is 7.53. The van der Waals surface area contributed by atoms with Crippen LogP contribution in [-0.2, 0) is 9.59 Å². The molecule has 9 heteroatoms. The lowest BCUT2D eigenvalue weighted by Crippen LogP contribution is -2.45. The summed E-state index contributed by atoms with van der Waals surface area (Å²) in [4.78, 5) is 39.9. The zero-order valence-electron chi connectivity index (χ0n) is 18.3. The molecule has 1 saturated carbocycles. The molecule has 7 nitrogen and oxygen atoms in total. The molecule has 3 heterocycles. The maximum Gasteiger partial charge on any atom is 0.261 e. The van der Waals surface area contributed by atoms with Crippen molar-refractivity contribution in [3.8, 4) is 0 Å². The van der Waals surface area contributed by atoms with Crippen LogP contribution in [0, 0.1) is 6.92 Å². The van der Waals surface area contributed by atoms with Crippen LogP contribution in [0.3, 0.4) is 0 Å². The number of carbonyl (C=O) groups is 3. The molecule has 0 radical (unpaired) electrons. The number of rotatable bonds is 9. The predicted molar refractivity (Wildman–Crippen MR) is 128 cm³/mol. The number of amides is 3. The Balaban J connectivity index is 1.53. The number of nitrogens with one attached hydrogen (secondary N) is 3. The molecule has 0 aliphatic heterocycles. The van der Waals surface area contributed by atoms with Gasteiger partial charge in [-0.2, -0.15) is 0 Å².